The molecule has 2 aromatic rings. The third kappa shape index (κ3) is 1.93. The molecule has 3 rings (SSSR count). The summed E-state index contributed by atoms with van der Waals surface area (Å²) in [6.45, 7) is 1.68. The van der Waals surface area contributed by atoms with Gasteiger partial charge in [-0.1, -0.05) is 11.6 Å². The highest BCUT2D eigenvalue weighted by Crippen LogP contribution is 2.26. The molecule has 2 aromatic heterocycles. The number of halogens is 1. The second-order valence-corrected chi connectivity index (χ2v) is 5.26. The normalized spacial score (nSPS) is 20.7. The molecule has 0 amide bonds. The third-order valence-electron chi connectivity index (χ3n) is 2.82. The monoisotopic (exact) mass is 254 g/mol. The largest absolute Gasteiger partial charge is 0.381 e. The summed E-state index contributed by atoms with van der Waals surface area (Å²) < 4.78 is 5.35. The lowest BCUT2D eigenvalue weighted by Crippen LogP contribution is -2.07. The van der Waals surface area contributed by atoms with Crippen LogP contribution in [-0.4, -0.2) is 23.2 Å². The lowest BCUT2D eigenvalue weighted by Gasteiger charge is -2.06. The van der Waals surface area contributed by atoms with Gasteiger partial charge in [-0.05, 0) is 23.8 Å². The van der Waals surface area contributed by atoms with Crippen LogP contribution in [0.5, 0.6) is 0 Å². The van der Waals surface area contributed by atoms with Crippen molar-refractivity contribution in [3.05, 3.63) is 22.4 Å². The molecule has 0 radical (unpaired) electrons. The van der Waals surface area contributed by atoms with E-state index in [4.69, 9.17) is 16.3 Å². The van der Waals surface area contributed by atoms with Crippen LogP contribution in [-0.2, 0) is 11.2 Å². The van der Waals surface area contributed by atoms with Gasteiger partial charge in [-0.25, -0.2) is 9.97 Å². The zero-order valence-electron chi connectivity index (χ0n) is 8.65. The van der Waals surface area contributed by atoms with Gasteiger partial charge in [0.05, 0.1) is 0 Å². The Morgan fingerprint density at radius 3 is 3.25 bits per heavy atom. The molecule has 0 N–H and O–H groups in total. The van der Waals surface area contributed by atoms with E-state index < -0.39 is 0 Å². The Labute approximate surface area is 102 Å². The lowest BCUT2D eigenvalue weighted by atomic mass is 10.1. The van der Waals surface area contributed by atoms with E-state index in [1.807, 2.05) is 11.4 Å². The number of hydrogen-bond donors (Lipinski definition) is 0. The van der Waals surface area contributed by atoms with E-state index in [9.17, 15) is 0 Å². The average Bonchev–Trinajstić information content (AvgIpc) is 2.87. The van der Waals surface area contributed by atoms with E-state index in [1.54, 1.807) is 11.3 Å². The minimum Gasteiger partial charge on any atom is -0.381 e. The van der Waals surface area contributed by atoms with Crippen LogP contribution in [0.2, 0.25) is 5.15 Å². The molecule has 0 aromatic carbocycles. The van der Waals surface area contributed by atoms with Crippen LogP contribution in [0.1, 0.15) is 12.2 Å². The van der Waals surface area contributed by atoms with Crippen LogP contribution in [0.3, 0.4) is 0 Å². The summed E-state index contributed by atoms with van der Waals surface area (Å²) in [6, 6.07) is 1.96. The maximum atomic E-state index is 6.11. The lowest BCUT2D eigenvalue weighted by molar-refractivity contribution is 0.185. The number of rotatable bonds is 2. The molecular formula is C11H11ClN2OS. The van der Waals surface area contributed by atoms with E-state index in [0.717, 1.165) is 42.1 Å². The van der Waals surface area contributed by atoms with E-state index in [0.29, 0.717) is 11.1 Å². The van der Waals surface area contributed by atoms with Gasteiger partial charge in [-0.15, -0.1) is 11.3 Å². The van der Waals surface area contributed by atoms with Crippen molar-refractivity contribution in [2.24, 2.45) is 5.92 Å². The highest BCUT2D eigenvalue weighted by molar-refractivity contribution is 7.16. The molecule has 0 bridgehead atoms. The molecule has 1 atom stereocenters. The molecule has 1 aliphatic rings. The van der Waals surface area contributed by atoms with Crippen molar-refractivity contribution in [3.8, 4) is 0 Å². The summed E-state index contributed by atoms with van der Waals surface area (Å²) in [4.78, 5) is 9.85. The number of ether oxygens (including phenoxy) is 1. The Kier molecular flexibility index (Phi) is 2.79. The maximum Gasteiger partial charge on any atom is 0.141 e. The first-order valence-electron chi connectivity index (χ1n) is 5.30. The highest BCUT2D eigenvalue weighted by Gasteiger charge is 2.18. The first-order chi connectivity index (χ1) is 7.83. The van der Waals surface area contributed by atoms with E-state index in [-0.39, 0.29) is 0 Å². The molecule has 5 heteroatoms. The Balaban J connectivity index is 1.91. The van der Waals surface area contributed by atoms with Crippen LogP contribution < -0.4 is 0 Å². The van der Waals surface area contributed by atoms with E-state index in [1.165, 1.54) is 0 Å². The SMILES string of the molecule is Clc1nc(CC2CCOC2)nc2sccc12. The number of hydrogen-bond acceptors (Lipinski definition) is 4. The van der Waals surface area contributed by atoms with Crippen molar-refractivity contribution in [1.29, 1.82) is 0 Å². The molecular weight excluding hydrogens is 244 g/mol. The molecule has 3 heterocycles. The fourth-order valence-corrected chi connectivity index (χ4v) is 3.04. The molecule has 1 saturated heterocycles. The zero-order valence-corrected chi connectivity index (χ0v) is 10.2. The third-order valence-corrected chi connectivity index (χ3v) is 3.91. The van der Waals surface area contributed by atoms with Gasteiger partial charge < -0.3 is 4.74 Å². The summed E-state index contributed by atoms with van der Waals surface area (Å²) in [7, 11) is 0. The first-order valence-corrected chi connectivity index (χ1v) is 6.56. The predicted molar refractivity (Wildman–Crippen MR) is 65.1 cm³/mol. The van der Waals surface area contributed by atoms with Gasteiger partial charge in [0.2, 0.25) is 0 Å². The molecule has 16 heavy (non-hydrogen) atoms. The summed E-state index contributed by atoms with van der Waals surface area (Å²) in [6.07, 6.45) is 1.97. The van der Waals surface area contributed by atoms with E-state index in [2.05, 4.69) is 9.97 Å². The topological polar surface area (TPSA) is 35.0 Å². The van der Waals surface area contributed by atoms with Crippen molar-refractivity contribution < 1.29 is 4.74 Å². The van der Waals surface area contributed by atoms with Crippen LogP contribution in [0.4, 0.5) is 0 Å². The van der Waals surface area contributed by atoms with Crippen molar-refractivity contribution in [3.63, 3.8) is 0 Å². The fourth-order valence-electron chi connectivity index (χ4n) is 1.95. The maximum absolute atomic E-state index is 6.11. The van der Waals surface area contributed by atoms with Gasteiger partial charge in [0.15, 0.2) is 0 Å². The van der Waals surface area contributed by atoms with Gasteiger partial charge in [0.1, 0.15) is 15.8 Å². The Morgan fingerprint density at radius 2 is 2.44 bits per heavy atom. The summed E-state index contributed by atoms with van der Waals surface area (Å²) in [5.74, 6) is 1.39. The second kappa shape index (κ2) is 4.28. The zero-order chi connectivity index (χ0) is 11.0. The number of nitrogens with zero attached hydrogens (tertiary/aromatic N) is 2. The predicted octanol–water partition coefficient (Wildman–Crippen LogP) is 2.92. The van der Waals surface area contributed by atoms with Gasteiger partial charge in [-0.3, -0.25) is 0 Å². The fraction of sp³-hybridized carbons (Fsp3) is 0.455. The standard InChI is InChI=1S/C11H11ClN2OS/c12-10-8-2-4-16-11(8)14-9(13-10)5-7-1-3-15-6-7/h2,4,7H,1,3,5-6H2. The van der Waals surface area contributed by atoms with Crippen molar-refractivity contribution >= 4 is 33.2 Å². The van der Waals surface area contributed by atoms with Crippen LogP contribution in [0.15, 0.2) is 11.4 Å². The first kappa shape index (κ1) is 10.4. The smallest absolute Gasteiger partial charge is 0.141 e. The Bertz CT molecular complexity index is 508. The van der Waals surface area contributed by atoms with Gasteiger partial charge in [0.25, 0.3) is 0 Å². The molecule has 1 aliphatic heterocycles. The molecule has 1 unspecified atom stereocenters. The van der Waals surface area contributed by atoms with Crippen molar-refractivity contribution in [2.75, 3.05) is 13.2 Å². The van der Waals surface area contributed by atoms with Crippen molar-refractivity contribution in [1.82, 2.24) is 9.97 Å². The number of aromatic nitrogens is 2. The van der Waals surface area contributed by atoms with E-state index >= 15 is 0 Å². The highest BCUT2D eigenvalue weighted by atomic mass is 35.5. The average molecular weight is 255 g/mol. The molecule has 0 spiro atoms. The minimum atomic E-state index is 0.550. The summed E-state index contributed by atoms with van der Waals surface area (Å²) in [5, 5.41) is 3.52. The number of thiophene rings is 1. The quantitative estimate of drug-likeness (QED) is 0.773. The molecule has 84 valence electrons. The molecule has 3 nitrogen and oxygen atoms in total. The number of fused-ring (bicyclic) bond motifs is 1. The van der Waals surface area contributed by atoms with Crippen molar-refractivity contribution in [2.45, 2.75) is 12.8 Å². The summed E-state index contributed by atoms with van der Waals surface area (Å²) >= 11 is 7.72. The van der Waals surface area contributed by atoms with Crippen LogP contribution in [0, 0.1) is 5.92 Å². The minimum absolute atomic E-state index is 0.550. The Hall–Kier alpha value is -0.710. The second-order valence-electron chi connectivity index (χ2n) is 4.00. The van der Waals surface area contributed by atoms with Gasteiger partial charge >= 0.3 is 0 Å². The van der Waals surface area contributed by atoms with Crippen LogP contribution >= 0.6 is 22.9 Å². The molecule has 0 aliphatic carbocycles. The summed E-state index contributed by atoms with van der Waals surface area (Å²) in [5.41, 5.74) is 0. The Morgan fingerprint density at radius 1 is 1.50 bits per heavy atom. The van der Waals surface area contributed by atoms with Gasteiger partial charge in [0, 0.05) is 25.0 Å². The molecule has 0 saturated carbocycles. The molecule has 1 fully saturated rings. The van der Waals surface area contributed by atoms with Crippen LogP contribution in [0.25, 0.3) is 10.2 Å². The van der Waals surface area contributed by atoms with Gasteiger partial charge in [-0.2, -0.15) is 0 Å².